The van der Waals surface area contributed by atoms with Crippen LogP contribution >= 0.6 is 0 Å². The van der Waals surface area contributed by atoms with Crippen LogP contribution < -0.4 is 10.5 Å². The average Bonchev–Trinajstić information content (AvgIpc) is 2.41. The molecule has 3 heteroatoms. The van der Waals surface area contributed by atoms with E-state index in [0.717, 1.165) is 36.4 Å². The fourth-order valence-corrected chi connectivity index (χ4v) is 1.73. The summed E-state index contributed by atoms with van der Waals surface area (Å²) in [5, 5.41) is 0. The van der Waals surface area contributed by atoms with Crippen LogP contribution in [-0.2, 0) is 6.42 Å². The molecule has 2 rings (SSSR count). The molecule has 0 saturated heterocycles. The fraction of sp³-hybridized carbons (Fsp3) is 0.267. The first-order valence-corrected chi connectivity index (χ1v) is 6.19. The molecule has 1 heterocycles. The first-order chi connectivity index (χ1) is 8.79. The van der Waals surface area contributed by atoms with Gasteiger partial charge in [0.25, 0.3) is 0 Å². The maximum absolute atomic E-state index is 5.90. The van der Waals surface area contributed by atoms with Gasteiger partial charge < -0.3 is 10.5 Å². The predicted octanol–water partition coefficient (Wildman–Crippen LogP) is 3.04. The van der Waals surface area contributed by atoms with Gasteiger partial charge in [-0.25, -0.2) is 0 Å². The SMILES string of the molecule is CCCOc1ccc(Cc2cnccc2N)cc1. The summed E-state index contributed by atoms with van der Waals surface area (Å²) < 4.78 is 5.55. The summed E-state index contributed by atoms with van der Waals surface area (Å²) in [7, 11) is 0. The minimum atomic E-state index is 0.759. The van der Waals surface area contributed by atoms with Crippen molar-refractivity contribution in [2.75, 3.05) is 12.3 Å². The normalized spacial score (nSPS) is 10.3. The summed E-state index contributed by atoms with van der Waals surface area (Å²) >= 11 is 0. The Labute approximate surface area is 108 Å². The Morgan fingerprint density at radius 3 is 2.61 bits per heavy atom. The van der Waals surface area contributed by atoms with Crippen LogP contribution in [0.2, 0.25) is 0 Å². The Hall–Kier alpha value is -2.03. The largest absolute Gasteiger partial charge is 0.494 e. The van der Waals surface area contributed by atoms with E-state index in [9.17, 15) is 0 Å². The molecule has 1 aromatic carbocycles. The smallest absolute Gasteiger partial charge is 0.119 e. The molecule has 18 heavy (non-hydrogen) atoms. The summed E-state index contributed by atoms with van der Waals surface area (Å²) in [6.45, 7) is 2.86. The topological polar surface area (TPSA) is 48.1 Å². The second kappa shape index (κ2) is 6.05. The van der Waals surface area contributed by atoms with E-state index < -0.39 is 0 Å². The molecule has 3 nitrogen and oxygen atoms in total. The van der Waals surface area contributed by atoms with Gasteiger partial charge in [0.15, 0.2) is 0 Å². The number of nitrogens with two attached hydrogens (primary N) is 1. The Morgan fingerprint density at radius 2 is 1.94 bits per heavy atom. The molecule has 0 atom stereocenters. The zero-order chi connectivity index (χ0) is 12.8. The number of benzene rings is 1. The van der Waals surface area contributed by atoms with Gasteiger partial charge >= 0.3 is 0 Å². The van der Waals surface area contributed by atoms with E-state index in [2.05, 4.69) is 24.0 Å². The predicted molar refractivity (Wildman–Crippen MR) is 73.7 cm³/mol. The molecule has 0 aliphatic rings. The van der Waals surface area contributed by atoms with Gasteiger partial charge in [-0.15, -0.1) is 0 Å². The van der Waals surface area contributed by atoms with Crippen molar-refractivity contribution < 1.29 is 4.74 Å². The van der Waals surface area contributed by atoms with E-state index in [4.69, 9.17) is 10.5 Å². The molecule has 1 aromatic heterocycles. The van der Waals surface area contributed by atoms with Gasteiger partial charge in [-0.3, -0.25) is 4.98 Å². The van der Waals surface area contributed by atoms with Gasteiger partial charge in [0.1, 0.15) is 5.75 Å². The molecule has 0 amide bonds. The van der Waals surface area contributed by atoms with Crippen molar-refractivity contribution in [3.8, 4) is 5.75 Å². The van der Waals surface area contributed by atoms with Crippen molar-refractivity contribution in [1.82, 2.24) is 4.98 Å². The summed E-state index contributed by atoms with van der Waals surface area (Å²) in [5.74, 6) is 0.916. The van der Waals surface area contributed by atoms with Crippen LogP contribution in [0.25, 0.3) is 0 Å². The van der Waals surface area contributed by atoms with Gasteiger partial charge in [0, 0.05) is 24.5 Å². The van der Waals surface area contributed by atoms with Crippen molar-refractivity contribution >= 4 is 5.69 Å². The van der Waals surface area contributed by atoms with Gasteiger partial charge in [-0.05, 0) is 35.7 Å². The third-order valence-corrected chi connectivity index (χ3v) is 2.73. The van der Waals surface area contributed by atoms with Gasteiger partial charge in [0.05, 0.1) is 6.61 Å². The number of aromatic nitrogens is 1. The van der Waals surface area contributed by atoms with Gasteiger partial charge in [-0.2, -0.15) is 0 Å². The summed E-state index contributed by atoms with van der Waals surface area (Å²) in [6.07, 6.45) is 5.35. The number of pyridine rings is 1. The van der Waals surface area contributed by atoms with E-state index in [-0.39, 0.29) is 0 Å². The second-order valence-corrected chi connectivity index (χ2v) is 4.24. The first-order valence-electron chi connectivity index (χ1n) is 6.19. The zero-order valence-corrected chi connectivity index (χ0v) is 10.6. The highest BCUT2D eigenvalue weighted by Gasteiger charge is 2.01. The quantitative estimate of drug-likeness (QED) is 0.876. The van der Waals surface area contributed by atoms with Crippen molar-refractivity contribution in [2.24, 2.45) is 0 Å². The van der Waals surface area contributed by atoms with Crippen molar-refractivity contribution in [3.63, 3.8) is 0 Å². The first kappa shape index (κ1) is 12.4. The third-order valence-electron chi connectivity index (χ3n) is 2.73. The lowest BCUT2D eigenvalue weighted by atomic mass is 10.1. The highest BCUT2D eigenvalue weighted by Crippen LogP contribution is 2.18. The molecule has 0 aliphatic heterocycles. The Kier molecular flexibility index (Phi) is 4.18. The van der Waals surface area contributed by atoms with Crippen LogP contribution in [0.1, 0.15) is 24.5 Å². The number of anilines is 1. The maximum Gasteiger partial charge on any atom is 0.119 e. The molecule has 0 spiro atoms. The monoisotopic (exact) mass is 242 g/mol. The van der Waals surface area contributed by atoms with Crippen LogP contribution in [-0.4, -0.2) is 11.6 Å². The standard InChI is InChI=1S/C15H18N2O/c1-2-9-18-14-5-3-12(4-6-14)10-13-11-17-8-7-15(13)16/h3-8,11H,2,9-10H2,1H3,(H2,16,17). The molecular weight excluding hydrogens is 224 g/mol. The number of rotatable bonds is 5. The Morgan fingerprint density at radius 1 is 1.17 bits per heavy atom. The zero-order valence-electron chi connectivity index (χ0n) is 10.6. The van der Waals surface area contributed by atoms with Crippen molar-refractivity contribution in [3.05, 3.63) is 53.9 Å². The van der Waals surface area contributed by atoms with Crippen LogP contribution in [0, 0.1) is 0 Å². The summed E-state index contributed by atoms with van der Waals surface area (Å²) in [6, 6.07) is 9.96. The molecular formula is C15H18N2O. The van der Waals surface area contributed by atoms with Gasteiger partial charge in [0.2, 0.25) is 0 Å². The highest BCUT2D eigenvalue weighted by molar-refractivity contribution is 5.47. The molecule has 2 N–H and O–H groups in total. The minimum absolute atomic E-state index is 0.759. The minimum Gasteiger partial charge on any atom is -0.494 e. The lowest BCUT2D eigenvalue weighted by molar-refractivity contribution is 0.317. The molecule has 0 saturated carbocycles. The van der Waals surface area contributed by atoms with Crippen LogP contribution in [0.15, 0.2) is 42.7 Å². The lowest BCUT2D eigenvalue weighted by Gasteiger charge is -2.07. The number of hydrogen-bond donors (Lipinski definition) is 1. The van der Waals surface area contributed by atoms with Crippen LogP contribution in [0.5, 0.6) is 5.75 Å². The maximum atomic E-state index is 5.90. The summed E-state index contributed by atoms with van der Waals surface area (Å²) in [4.78, 5) is 4.10. The molecule has 0 fully saturated rings. The van der Waals surface area contributed by atoms with Crippen LogP contribution in [0.3, 0.4) is 0 Å². The van der Waals surface area contributed by atoms with E-state index >= 15 is 0 Å². The number of hydrogen-bond acceptors (Lipinski definition) is 3. The average molecular weight is 242 g/mol. The van der Waals surface area contributed by atoms with Crippen molar-refractivity contribution in [1.29, 1.82) is 0 Å². The lowest BCUT2D eigenvalue weighted by Crippen LogP contribution is -1.97. The Balaban J connectivity index is 2.04. The third kappa shape index (κ3) is 3.23. The van der Waals surface area contributed by atoms with E-state index in [1.54, 1.807) is 6.20 Å². The number of nitrogens with zero attached hydrogens (tertiary/aromatic N) is 1. The fourth-order valence-electron chi connectivity index (χ4n) is 1.73. The number of nitrogen functional groups attached to an aromatic ring is 1. The molecule has 0 radical (unpaired) electrons. The molecule has 0 aliphatic carbocycles. The van der Waals surface area contributed by atoms with E-state index in [0.29, 0.717) is 0 Å². The molecule has 94 valence electrons. The van der Waals surface area contributed by atoms with Crippen LogP contribution in [0.4, 0.5) is 5.69 Å². The Bertz CT molecular complexity index is 494. The molecule has 0 unspecified atom stereocenters. The van der Waals surface area contributed by atoms with Crippen molar-refractivity contribution in [2.45, 2.75) is 19.8 Å². The van der Waals surface area contributed by atoms with Gasteiger partial charge in [-0.1, -0.05) is 19.1 Å². The second-order valence-electron chi connectivity index (χ2n) is 4.24. The van der Waals surface area contributed by atoms with E-state index in [1.807, 2.05) is 24.4 Å². The highest BCUT2D eigenvalue weighted by atomic mass is 16.5. The summed E-state index contributed by atoms with van der Waals surface area (Å²) in [5.41, 5.74) is 8.95. The van der Waals surface area contributed by atoms with E-state index in [1.165, 1.54) is 5.56 Å². The number of ether oxygens (including phenoxy) is 1. The molecule has 2 aromatic rings. The molecule has 0 bridgehead atoms.